The summed E-state index contributed by atoms with van der Waals surface area (Å²) in [6.07, 6.45) is 3.60. The van der Waals surface area contributed by atoms with Crippen LogP contribution in [0.2, 0.25) is 0 Å². The fraction of sp³-hybridized carbons (Fsp3) is 0.0303. The van der Waals surface area contributed by atoms with Gasteiger partial charge in [-0.25, -0.2) is 0 Å². The molecule has 4 aromatic carbocycles. The monoisotopic (exact) mass is 753 g/mol. The van der Waals surface area contributed by atoms with Crippen molar-refractivity contribution >= 4 is 59.9 Å². The second-order valence-corrected chi connectivity index (χ2v) is 8.44. The number of benzene rings is 4. The van der Waals surface area contributed by atoms with E-state index in [0.29, 0.717) is 0 Å². The average molecular weight is 754 g/mol. The van der Waals surface area contributed by atoms with Crippen molar-refractivity contribution in [2.75, 3.05) is 0 Å². The van der Waals surface area contributed by atoms with Gasteiger partial charge in [-0.2, -0.15) is 0 Å². The number of pyridine rings is 2. The number of carbonyl (C=O) groups excluding carboxylic acids is 2. The van der Waals surface area contributed by atoms with E-state index in [2.05, 4.69) is 53.3 Å². The summed E-state index contributed by atoms with van der Waals surface area (Å²) in [6, 6.07) is 33.1. The van der Waals surface area contributed by atoms with Crippen molar-refractivity contribution in [3.05, 3.63) is 144 Å². The van der Waals surface area contributed by atoms with Crippen LogP contribution in [0.1, 0.15) is 26.3 Å². The molecule has 0 aliphatic carbocycles. The molecule has 0 bridgehead atoms. The summed E-state index contributed by atoms with van der Waals surface area (Å²) in [5.74, 6) is -3.87. The summed E-state index contributed by atoms with van der Waals surface area (Å²) in [7, 11) is 0. The van der Waals surface area contributed by atoms with Gasteiger partial charge < -0.3 is 30.0 Å². The Morgan fingerprint density at radius 3 is 1.21 bits per heavy atom. The molecule has 0 aliphatic heterocycles. The molecule has 9 heteroatoms. The van der Waals surface area contributed by atoms with Gasteiger partial charge >= 0.3 is 0 Å². The number of hydrogen-bond donors (Lipinski definition) is 0. The summed E-state index contributed by atoms with van der Waals surface area (Å²) < 4.78 is 0. The van der Waals surface area contributed by atoms with Crippen LogP contribution in [0.5, 0.6) is 11.5 Å². The predicted molar refractivity (Wildman–Crippen MR) is 154 cm³/mol. The van der Waals surface area contributed by atoms with Crippen LogP contribution in [0, 0.1) is 6.92 Å². The molecular weight excluding hydrogens is 729 g/mol. The van der Waals surface area contributed by atoms with E-state index in [1.54, 1.807) is 12.4 Å². The number of fused-ring (bicyclic) bond motifs is 3. The molecule has 2 aromatic heterocycles. The van der Waals surface area contributed by atoms with Crippen molar-refractivity contribution in [3.63, 3.8) is 0 Å². The fourth-order valence-corrected chi connectivity index (χ4v) is 3.48. The van der Waals surface area contributed by atoms with Gasteiger partial charge in [0.25, 0.3) is 0 Å². The topological polar surface area (TPSA) is 152 Å². The number of aryl methyl sites for hydroxylation is 1. The summed E-state index contributed by atoms with van der Waals surface area (Å²) in [6.45, 7) is 2.08. The van der Waals surface area contributed by atoms with Crippen LogP contribution >= 0.6 is 0 Å². The number of aromatic nitrogens is 2. The van der Waals surface area contributed by atoms with Gasteiger partial charge in [0.2, 0.25) is 0 Å². The van der Waals surface area contributed by atoms with E-state index in [-0.39, 0.29) is 37.3 Å². The maximum absolute atomic E-state index is 10.6. The van der Waals surface area contributed by atoms with E-state index in [1.807, 2.05) is 30.3 Å². The molecule has 2 heterocycles. The number of para-hydroxylation sites is 2. The smallest absolute Gasteiger partial charge is 0.0964 e. The van der Waals surface area contributed by atoms with Gasteiger partial charge in [-0.3, -0.25) is 9.97 Å². The molecule has 0 N–H and O–H groups in total. The number of carboxylic acids is 2. The molecule has 3 radical (unpaired) electrons. The molecule has 6 aromatic rings. The van der Waals surface area contributed by atoms with Crippen LogP contribution in [-0.4, -0.2) is 48.1 Å². The van der Waals surface area contributed by atoms with Crippen LogP contribution in [0.25, 0.3) is 21.8 Å². The summed E-state index contributed by atoms with van der Waals surface area (Å²) in [5.41, 5.74) is 2.70. The SMILES string of the molecule is Cc1ccccc1.O=C([O-])c1ccccc1[O-].O=C([O-])c1ccccc1[O-].[Bi].c1cnc2c(c1)ccc1cccnc12. The van der Waals surface area contributed by atoms with Gasteiger partial charge in [-0.15, -0.1) is 0 Å². The Labute approximate surface area is 261 Å². The third-order valence-corrected chi connectivity index (χ3v) is 5.50. The van der Waals surface area contributed by atoms with Crippen LogP contribution in [-0.2, 0) is 0 Å². The number of nitrogens with zero attached hydrogens (tertiary/aromatic N) is 2. The van der Waals surface area contributed by atoms with Crippen LogP contribution in [0.3, 0.4) is 0 Å². The average Bonchev–Trinajstić information content (AvgIpc) is 2.99. The first-order valence-electron chi connectivity index (χ1n) is 12.3. The Balaban J connectivity index is 0.000000200. The van der Waals surface area contributed by atoms with E-state index in [0.717, 1.165) is 21.8 Å². The maximum atomic E-state index is 10.6. The molecule has 6 rings (SSSR count). The zero-order valence-electron chi connectivity index (χ0n) is 22.4. The minimum atomic E-state index is -1.43. The molecule has 0 unspecified atom stereocenters. The van der Waals surface area contributed by atoms with E-state index >= 15 is 0 Å². The quantitative estimate of drug-likeness (QED) is 0.194. The third kappa shape index (κ3) is 9.95. The van der Waals surface area contributed by atoms with Crippen LogP contribution < -0.4 is 20.4 Å². The number of aromatic carboxylic acids is 2. The molecule has 0 spiro atoms. The zero-order valence-corrected chi connectivity index (χ0v) is 25.9. The van der Waals surface area contributed by atoms with Crippen LogP contribution in [0.15, 0.2) is 128 Å². The molecule has 42 heavy (non-hydrogen) atoms. The minimum absolute atomic E-state index is 0. The number of carboxylic acid groups (broad SMARTS) is 2. The van der Waals surface area contributed by atoms with E-state index in [4.69, 9.17) is 0 Å². The van der Waals surface area contributed by atoms with Gasteiger partial charge in [0.15, 0.2) is 0 Å². The molecule has 211 valence electrons. The van der Waals surface area contributed by atoms with E-state index < -0.39 is 23.4 Å². The number of carbonyl (C=O) groups is 2. The van der Waals surface area contributed by atoms with Gasteiger partial charge in [-0.1, -0.05) is 120 Å². The largest absolute Gasteiger partial charge is 0.872 e. The van der Waals surface area contributed by atoms with Crippen molar-refractivity contribution in [2.24, 2.45) is 0 Å². The van der Waals surface area contributed by atoms with Crippen molar-refractivity contribution in [2.45, 2.75) is 6.92 Å². The predicted octanol–water partition coefficient (Wildman–Crippen LogP) is 2.64. The molecular formula is C33H24BiN2O6-4. The van der Waals surface area contributed by atoms with Crippen molar-refractivity contribution < 1.29 is 30.0 Å². The second-order valence-electron chi connectivity index (χ2n) is 8.44. The third-order valence-electron chi connectivity index (χ3n) is 5.50. The Hall–Kier alpha value is -4.88. The van der Waals surface area contributed by atoms with Crippen molar-refractivity contribution in [1.29, 1.82) is 0 Å². The standard InChI is InChI=1S/C12H8N2.2C7H6O3.C7H8.Bi/c1-3-9-5-6-10-4-2-8-14-12(10)11(9)13-7-1;2*8-6-4-2-1-3-5(6)7(9)10;1-7-5-3-2-4-6-7;/h1-8H;2*1-4,8H,(H,9,10);2-6H,1H3;/p-4. The molecule has 0 atom stereocenters. The summed E-state index contributed by atoms with van der Waals surface area (Å²) in [4.78, 5) is 28.9. The molecule has 0 saturated carbocycles. The first-order valence-corrected chi connectivity index (χ1v) is 12.3. The first-order chi connectivity index (χ1) is 19.8. The van der Waals surface area contributed by atoms with Gasteiger partial charge in [0.05, 0.1) is 23.0 Å². The summed E-state index contributed by atoms with van der Waals surface area (Å²) in [5, 5.41) is 43.8. The normalized spacial score (nSPS) is 9.45. The van der Waals surface area contributed by atoms with E-state index in [9.17, 15) is 30.0 Å². The first kappa shape index (κ1) is 33.3. The van der Waals surface area contributed by atoms with Crippen molar-refractivity contribution in [3.8, 4) is 11.5 Å². The molecule has 0 fully saturated rings. The van der Waals surface area contributed by atoms with Crippen LogP contribution in [0.4, 0.5) is 0 Å². The zero-order chi connectivity index (χ0) is 29.6. The number of hydrogen-bond acceptors (Lipinski definition) is 8. The molecule has 8 nitrogen and oxygen atoms in total. The molecule has 0 saturated heterocycles. The van der Waals surface area contributed by atoms with Gasteiger partial charge in [0.1, 0.15) is 0 Å². The Morgan fingerprint density at radius 1 is 0.524 bits per heavy atom. The maximum Gasteiger partial charge on any atom is 0.0964 e. The Bertz CT molecular complexity index is 1640. The van der Waals surface area contributed by atoms with Gasteiger partial charge in [-0.05, 0) is 30.2 Å². The van der Waals surface area contributed by atoms with Gasteiger partial charge in [0, 0.05) is 49.4 Å². The minimum Gasteiger partial charge on any atom is -0.872 e. The summed E-state index contributed by atoms with van der Waals surface area (Å²) >= 11 is 0. The molecule has 0 aliphatic rings. The fourth-order valence-electron chi connectivity index (χ4n) is 3.48. The second kappa shape index (κ2) is 17.1. The Morgan fingerprint density at radius 2 is 0.905 bits per heavy atom. The number of rotatable bonds is 2. The van der Waals surface area contributed by atoms with E-state index in [1.165, 1.54) is 54.1 Å². The molecule has 0 amide bonds. The van der Waals surface area contributed by atoms with Crippen molar-refractivity contribution in [1.82, 2.24) is 9.97 Å². The Kier molecular flexibility index (Phi) is 13.5.